The van der Waals surface area contributed by atoms with E-state index in [-0.39, 0.29) is 6.04 Å². The maximum Gasteiger partial charge on any atom is 0.224 e. The van der Waals surface area contributed by atoms with Crippen LogP contribution in [0.5, 0.6) is 0 Å². The van der Waals surface area contributed by atoms with Crippen LogP contribution in [-0.2, 0) is 4.79 Å². The third kappa shape index (κ3) is 3.69. The zero-order chi connectivity index (χ0) is 12.8. The van der Waals surface area contributed by atoms with Crippen LogP contribution in [0.15, 0.2) is 0 Å². The molecule has 0 radical (unpaired) electrons. The molecule has 2 fully saturated rings. The fourth-order valence-electron chi connectivity index (χ4n) is 3.12. The third-order valence-electron chi connectivity index (χ3n) is 4.30. The summed E-state index contributed by atoms with van der Waals surface area (Å²) in [6.45, 7) is 4.76. The number of likely N-dealkylation sites (tertiary alicyclic amines) is 2. The highest BCUT2D eigenvalue weighted by atomic mass is 16.2. The Morgan fingerprint density at radius 2 is 1.50 bits per heavy atom. The van der Waals surface area contributed by atoms with Crippen molar-refractivity contribution in [3.8, 4) is 0 Å². The first-order valence-electron chi connectivity index (χ1n) is 7.53. The predicted molar refractivity (Wildman–Crippen MR) is 73.3 cm³/mol. The lowest BCUT2D eigenvalue weighted by Crippen LogP contribution is -2.44. The lowest BCUT2D eigenvalue weighted by atomic mass is 10.1. The largest absolute Gasteiger partial charge is 0.343 e. The third-order valence-corrected chi connectivity index (χ3v) is 4.30. The van der Waals surface area contributed by atoms with Crippen molar-refractivity contribution >= 4 is 5.91 Å². The maximum absolute atomic E-state index is 12.2. The van der Waals surface area contributed by atoms with Gasteiger partial charge in [0.15, 0.2) is 0 Å². The minimum atomic E-state index is 0.260. The molecule has 0 saturated carbocycles. The van der Waals surface area contributed by atoms with E-state index in [9.17, 15) is 4.79 Å². The molecular weight excluding hydrogens is 226 g/mol. The summed E-state index contributed by atoms with van der Waals surface area (Å²) in [6, 6.07) is 0.260. The molecule has 2 N–H and O–H groups in total. The van der Waals surface area contributed by atoms with Crippen molar-refractivity contribution in [2.24, 2.45) is 5.73 Å². The molecule has 2 heterocycles. The number of rotatable bonds is 4. The van der Waals surface area contributed by atoms with Gasteiger partial charge in [0.25, 0.3) is 0 Å². The van der Waals surface area contributed by atoms with Gasteiger partial charge >= 0.3 is 0 Å². The van der Waals surface area contributed by atoms with Gasteiger partial charge < -0.3 is 10.6 Å². The summed E-state index contributed by atoms with van der Waals surface area (Å²) in [5, 5.41) is 0. The zero-order valence-corrected chi connectivity index (χ0v) is 11.4. The molecule has 1 atom stereocenters. The average molecular weight is 253 g/mol. The summed E-state index contributed by atoms with van der Waals surface area (Å²) < 4.78 is 0. The van der Waals surface area contributed by atoms with E-state index in [0.29, 0.717) is 18.9 Å². The van der Waals surface area contributed by atoms with E-state index < -0.39 is 0 Å². The highest BCUT2D eigenvalue weighted by Crippen LogP contribution is 2.16. The number of amides is 1. The SMILES string of the molecule is NCC(CC(=O)N1CCCC1)N1CCCCCC1. The minimum Gasteiger partial charge on any atom is -0.343 e. The second kappa shape index (κ2) is 7.10. The Morgan fingerprint density at radius 1 is 0.944 bits per heavy atom. The predicted octanol–water partition coefficient (Wildman–Crippen LogP) is 1.20. The van der Waals surface area contributed by atoms with Crippen LogP contribution < -0.4 is 5.73 Å². The van der Waals surface area contributed by atoms with Crippen LogP contribution in [0.2, 0.25) is 0 Å². The number of nitrogens with two attached hydrogens (primary N) is 1. The van der Waals surface area contributed by atoms with E-state index >= 15 is 0 Å². The topological polar surface area (TPSA) is 49.6 Å². The molecule has 0 bridgehead atoms. The summed E-state index contributed by atoms with van der Waals surface area (Å²) in [5.41, 5.74) is 5.89. The van der Waals surface area contributed by atoms with Crippen molar-refractivity contribution in [2.75, 3.05) is 32.7 Å². The normalized spacial score (nSPS) is 23.9. The van der Waals surface area contributed by atoms with E-state index in [1.165, 1.54) is 38.5 Å². The fraction of sp³-hybridized carbons (Fsp3) is 0.929. The molecule has 4 heteroatoms. The molecule has 1 unspecified atom stereocenters. The Morgan fingerprint density at radius 3 is 2.06 bits per heavy atom. The van der Waals surface area contributed by atoms with E-state index in [4.69, 9.17) is 5.73 Å². The molecule has 1 amide bonds. The van der Waals surface area contributed by atoms with Crippen LogP contribution >= 0.6 is 0 Å². The first-order chi connectivity index (χ1) is 8.81. The second-order valence-electron chi connectivity index (χ2n) is 5.63. The Bertz CT molecular complexity index is 256. The standard InChI is InChI=1S/C14H27N3O/c15-12-13(16-7-3-1-2-4-8-16)11-14(18)17-9-5-6-10-17/h13H,1-12,15H2. The highest BCUT2D eigenvalue weighted by Gasteiger charge is 2.25. The fourth-order valence-corrected chi connectivity index (χ4v) is 3.12. The summed E-state index contributed by atoms with van der Waals surface area (Å²) in [4.78, 5) is 16.6. The molecule has 2 aliphatic rings. The first-order valence-corrected chi connectivity index (χ1v) is 7.53. The number of carbonyl (C=O) groups excluding carboxylic acids is 1. The Kier molecular flexibility index (Phi) is 5.45. The molecule has 104 valence electrons. The number of nitrogens with zero attached hydrogens (tertiary/aromatic N) is 2. The molecule has 2 rings (SSSR count). The van der Waals surface area contributed by atoms with Gasteiger partial charge in [0.1, 0.15) is 0 Å². The molecule has 0 aromatic carbocycles. The summed E-state index contributed by atoms with van der Waals surface area (Å²) in [5.74, 6) is 0.312. The van der Waals surface area contributed by atoms with Gasteiger partial charge in [-0.15, -0.1) is 0 Å². The number of hydrogen-bond donors (Lipinski definition) is 1. The molecule has 4 nitrogen and oxygen atoms in total. The zero-order valence-electron chi connectivity index (χ0n) is 11.4. The van der Waals surface area contributed by atoms with Crippen molar-refractivity contribution in [3.63, 3.8) is 0 Å². The smallest absolute Gasteiger partial charge is 0.224 e. The van der Waals surface area contributed by atoms with E-state index in [1.807, 2.05) is 4.90 Å². The number of hydrogen-bond acceptors (Lipinski definition) is 3. The quantitative estimate of drug-likeness (QED) is 0.819. The maximum atomic E-state index is 12.2. The van der Waals surface area contributed by atoms with Gasteiger partial charge in [0.2, 0.25) is 5.91 Å². The molecule has 0 aromatic heterocycles. The summed E-state index contributed by atoms with van der Waals surface area (Å²) in [7, 11) is 0. The minimum absolute atomic E-state index is 0.260. The van der Waals surface area contributed by atoms with Crippen LogP contribution in [0.4, 0.5) is 0 Å². The monoisotopic (exact) mass is 253 g/mol. The van der Waals surface area contributed by atoms with E-state index in [1.54, 1.807) is 0 Å². The van der Waals surface area contributed by atoms with Crippen molar-refractivity contribution < 1.29 is 4.79 Å². The van der Waals surface area contributed by atoms with Crippen molar-refractivity contribution in [3.05, 3.63) is 0 Å². The lowest BCUT2D eigenvalue weighted by Gasteiger charge is -2.30. The van der Waals surface area contributed by atoms with E-state index in [2.05, 4.69) is 4.90 Å². The lowest BCUT2D eigenvalue weighted by molar-refractivity contribution is -0.131. The highest BCUT2D eigenvalue weighted by molar-refractivity contribution is 5.77. The van der Waals surface area contributed by atoms with Crippen molar-refractivity contribution in [1.29, 1.82) is 0 Å². The average Bonchev–Trinajstić information content (AvgIpc) is 2.79. The molecule has 0 spiro atoms. The number of carbonyl (C=O) groups is 1. The van der Waals surface area contributed by atoms with Crippen LogP contribution in [0, 0.1) is 0 Å². The van der Waals surface area contributed by atoms with E-state index in [0.717, 1.165) is 26.2 Å². The molecule has 2 aliphatic heterocycles. The molecule has 2 saturated heterocycles. The van der Waals surface area contributed by atoms with Gasteiger partial charge in [-0.25, -0.2) is 0 Å². The Labute approximate surface area is 110 Å². The molecule has 0 aromatic rings. The van der Waals surface area contributed by atoms with Crippen molar-refractivity contribution in [2.45, 2.75) is 51.0 Å². The first kappa shape index (κ1) is 13.8. The van der Waals surface area contributed by atoms with Crippen LogP contribution in [-0.4, -0.2) is 54.5 Å². The second-order valence-corrected chi connectivity index (χ2v) is 5.63. The van der Waals surface area contributed by atoms with Gasteiger partial charge in [-0.2, -0.15) is 0 Å². The Balaban J connectivity index is 1.84. The van der Waals surface area contributed by atoms with Gasteiger partial charge in [-0.1, -0.05) is 12.8 Å². The van der Waals surface area contributed by atoms with Gasteiger partial charge in [0.05, 0.1) is 0 Å². The summed E-state index contributed by atoms with van der Waals surface area (Å²) in [6.07, 6.45) is 8.13. The molecular formula is C14H27N3O. The summed E-state index contributed by atoms with van der Waals surface area (Å²) >= 11 is 0. The molecule has 18 heavy (non-hydrogen) atoms. The Hall–Kier alpha value is -0.610. The van der Waals surface area contributed by atoms with Crippen LogP contribution in [0.1, 0.15) is 44.9 Å². The molecule has 0 aliphatic carbocycles. The van der Waals surface area contributed by atoms with Crippen molar-refractivity contribution in [1.82, 2.24) is 9.80 Å². The van der Waals surface area contributed by atoms with Gasteiger partial charge in [-0.3, -0.25) is 9.69 Å². The van der Waals surface area contributed by atoms with Crippen LogP contribution in [0.25, 0.3) is 0 Å². The van der Waals surface area contributed by atoms with Gasteiger partial charge in [-0.05, 0) is 38.8 Å². The van der Waals surface area contributed by atoms with Crippen LogP contribution in [0.3, 0.4) is 0 Å². The van der Waals surface area contributed by atoms with Gasteiger partial charge in [0, 0.05) is 32.1 Å².